The Labute approximate surface area is 171 Å². The highest BCUT2D eigenvalue weighted by atomic mass is 35.5. The summed E-state index contributed by atoms with van der Waals surface area (Å²) in [6.07, 6.45) is 1.46. The van der Waals surface area contributed by atoms with Gasteiger partial charge < -0.3 is 5.32 Å². The van der Waals surface area contributed by atoms with Gasteiger partial charge in [-0.15, -0.1) is 0 Å². The average Bonchev–Trinajstić information content (AvgIpc) is 2.74. The van der Waals surface area contributed by atoms with Crippen molar-refractivity contribution in [1.29, 1.82) is 0 Å². The van der Waals surface area contributed by atoms with Gasteiger partial charge in [-0.25, -0.2) is 9.48 Å². The molecule has 1 N–H and O–H groups in total. The summed E-state index contributed by atoms with van der Waals surface area (Å²) in [5.74, 6) is -0.350. The van der Waals surface area contributed by atoms with Gasteiger partial charge in [-0.2, -0.15) is 10.1 Å². The van der Waals surface area contributed by atoms with E-state index in [4.69, 9.17) is 11.6 Å². The van der Waals surface area contributed by atoms with Crippen molar-refractivity contribution >= 4 is 34.0 Å². The number of rotatable bonds is 4. The van der Waals surface area contributed by atoms with Crippen molar-refractivity contribution in [3.05, 3.63) is 88.4 Å². The van der Waals surface area contributed by atoms with Gasteiger partial charge in [0.15, 0.2) is 0 Å². The fraction of sp³-hybridized carbons (Fsp3) is 0.0909. The first kappa shape index (κ1) is 18.8. The molecule has 0 unspecified atom stereocenters. The summed E-state index contributed by atoms with van der Waals surface area (Å²) < 4.78 is 1.07. The molecular weight excluding hydrogens is 388 g/mol. The number of anilines is 1. The molecule has 1 aromatic heterocycles. The van der Waals surface area contributed by atoms with E-state index in [0.29, 0.717) is 16.4 Å². The van der Waals surface area contributed by atoms with E-state index >= 15 is 0 Å². The maximum Gasteiger partial charge on any atom is 0.365 e. The predicted molar refractivity (Wildman–Crippen MR) is 114 cm³/mol. The Kier molecular flexibility index (Phi) is 5.10. The van der Waals surface area contributed by atoms with Gasteiger partial charge in [-0.3, -0.25) is 4.79 Å². The van der Waals surface area contributed by atoms with Gasteiger partial charge in [0.05, 0.1) is 11.9 Å². The molecule has 0 aliphatic carbocycles. The lowest BCUT2D eigenvalue weighted by atomic mass is 10.1. The van der Waals surface area contributed by atoms with Crippen LogP contribution in [0.2, 0.25) is 5.02 Å². The summed E-state index contributed by atoms with van der Waals surface area (Å²) in [6, 6.07) is 19.5. The quantitative estimate of drug-likeness (QED) is 0.549. The zero-order valence-electron chi connectivity index (χ0n) is 15.5. The molecule has 29 heavy (non-hydrogen) atoms. The van der Waals surface area contributed by atoms with Crippen LogP contribution in [0, 0.1) is 0 Å². The number of amides is 1. The Morgan fingerprint density at radius 2 is 1.76 bits per heavy atom. The van der Waals surface area contributed by atoms with E-state index in [2.05, 4.69) is 15.4 Å². The Morgan fingerprint density at radius 3 is 2.52 bits per heavy atom. The normalized spacial score (nSPS) is 11.9. The maximum absolute atomic E-state index is 12.7. The second-order valence-electron chi connectivity index (χ2n) is 6.57. The van der Waals surface area contributed by atoms with Crippen LogP contribution in [0.25, 0.3) is 22.0 Å². The highest BCUT2D eigenvalue weighted by Crippen LogP contribution is 2.24. The molecule has 1 heterocycles. The van der Waals surface area contributed by atoms with Crippen molar-refractivity contribution in [2.45, 2.75) is 13.0 Å². The average molecular weight is 405 g/mol. The van der Waals surface area contributed by atoms with Gasteiger partial charge in [0.2, 0.25) is 5.91 Å². The van der Waals surface area contributed by atoms with Crippen LogP contribution in [0.15, 0.2) is 77.7 Å². The highest BCUT2D eigenvalue weighted by Gasteiger charge is 2.19. The lowest BCUT2D eigenvalue weighted by molar-refractivity contribution is -0.119. The summed E-state index contributed by atoms with van der Waals surface area (Å²) >= 11 is 5.89. The van der Waals surface area contributed by atoms with Gasteiger partial charge in [0, 0.05) is 21.7 Å². The van der Waals surface area contributed by atoms with Crippen LogP contribution in [-0.2, 0) is 4.79 Å². The van der Waals surface area contributed by atoms with Gasteiger partial charge >= 0.3 is 5.69 Å². The first-order valence-corrected chi connectivity index (χ1v) is 9.41. The summed E-state index contributed by atoms with van der Waals surface area (Å²) in [5.41, 5.74) is 1.22. The summed E-state index contributed by atoms with van der Waals surface area (Å²) in [5, 5.41) is 9.56. The minimum absolute atomic E-state index is 0.350. The number of fused-ring (bicyclic) bond motifs is 1. The van der Waals surface area contributed by atoms with Crippen LogP contribution in [-0.4, -0.2) is 20.7 Å². The van der Waals surface area contributed by atoms with E-state index in [9.17, 15) is 9.59 Å². The molecule has 144 valence electrons. The molecule has 0 saturated carbocycles. The lowest BCUT2D eigenvalue weighted by Gasteiger charge is -2.15. The Morgan fingerprint density at radius 1 is 1.03 bits per heavy atom. The number of hydrogen-bond donors (Lipinski definition) is 1. The molecule has 0 aliphatic rings. The van der Waals surface area contributed by atoms with Gasteiger partial charge in [-0.05, 0) is 30.5 Å². The van der Waals surface area contributed by atoms with Crippen molar-refractivity contribution in [2.24, 2.45) is 0 Å². The number of benzene rings is 3. The minimum Gasteiger partial charge on any atom is -0.324 e. The van der Waals surface area contributed by atoms with E-state index in [0.717, 1.165) is 21.0 Å². The topological polar surface area (TPSA) is 76.9 Å². The Balaban J connectivity index is 1.59. The second-order valence-corrected chi connectivity index (χ2v) is 7.00. The van der Waals surface area contributed by atoms with Crippen molar-refractivity contribution in [2.75, 3.05) is 5.32 Å². The van der Waals surface area contributed by atoms with E-state index in [-0.39, 0.29) is 5.91 Å². The third kappa shape index (κ3) is 3.88. The minimum atomic E-state index is -0.826. The SMILES string of the molecule is C[C@@H](C(=O)Nc1cccc2ccccc12)n1ncc(-c2ccc(Cl)cc2)nc1=O. The first-order chi connectivity index (χ1) is 14.0. The molecule has 0 fully saturated rings. The molecule has 0 bridgehead atoms. The van der Waals surface area contributed by atoms with Crippen LogP contribution in [0.5, 0.6) is 0 Å². The lowest BCUT2D eigenvalue weighted by Crippen LogP contribution is -2.34. The first-order valence-electron chi connectivity index (χ1n) is 9.03. The number of carbonyl (C=O) groups is 1. The molecule has 3 aromatic carbocycles. The number of aromatic nitrogens is 3. The summed E-state index contributed by atoms with van der Waals surface area (Å²) in [4.78, 5) is 29.3. The number of halogens is 1. The van der Waals surface area contributed by atoms with Crippen molar-refractivity contribution < 1.29 is 4.79 Å². The zero-order chi connectivity index (χ0) is 20.4. The van der Waals surface area contributed by atoms with E-state index in [1.165, 1.54) is 6.20 Å². The van der Waals surface area contributed by atoms with Crippen molar-refractivity contribution in [3.63, 3.8) is 0 Å². The van der Waals surface area contributed by atoms with Crippen LogP contribution < -0.4 is 11.0 Å². The van der Waals surface area contributed by atoms with Gasteiger partial charge in [0.25, 0.3) is 0 Å². The molecule has 0 radical (unpaired) electrons. The molecule has 1 amide bonds. The number of carbonyl (C=O) groups excluding carboxylic acids is 1. The van der Waals surface area contributed by atoms with E-state index in [1.807, 2.05) is 42.5 Å². The van der Waals surface area contributed by atoms with Crippen LogP contribution in [0.4, 0.5) is 5.69 Å². The molecule has 1 atom stereocenters. The standard InChI is InChI=1S/C22H17ClN4O2/c1-14(21(28)25-19-8-4-6-15-5-2-3-7-18(15)19)27-22(29)26-20(13-24-27)16-9-11-17(23)12-10-16/h2-14H,1H3,(H,25,28)/t14-/m0/s1. The van der Waals surface area contributed by atoms with Crippen LogP contribution in [0.1, 0.15) is 13.0 Å². The molecule has 4 aromatic rings. The predicted octanol–water partition coefficient (Wildman–Crippen LogP) is 4.31. The number of nitrogens with zero attached hydrogens (tertiary/aromatic N) is 3. The van der Waals surface area contributed by atoms with E-state index in [1.54, 1.807) is 31.2 Å². The second kappa shape index (κ2) is 7.85. The molecule has 0 saturated heterocycles. The molecule has 4 rings (SSSR count). The van der Waals surface area contributed by atoms with Crippen molar-refractivity contribution in [1.82, 2.24) is 14.8 Å². The van der Waals surface area contributed by atoms with Gasteiger partial charge in [0.1, 0.15) is 6.04 Å². The fourth-order valence-electron chi connectivity index (χ4n) is 3.06. The monoisotopic (exact) mass is 404 g/mol. The van der Waals surface area contributed by atoms with Crippen molar-refractivity contribution in [3.8, 4) is 11.3 Å². The van der Waals surface area contributed by atoms with Crippen LogP contribution >= 0.6 is 11.6 Å². The Bertz CT molecular complexity index is 1250. The molecule has 6 nitrogen and oxygen atoms in total. The third-order valence-electron chi connectivity index (χ3n) is 4.65. The number of hydrogen-bond acceptors (Lipinski definition) is 4. The molecule has 0 spiro atoms. The highest BCUT2D eigenvalue weighted by molar-refractivity contribution is 6.30. The summed E-state index contributed by atoms with van der Waals surface area (Å²) in [6.45, 7) is 1.61. The zero-order valence-corrected chi connectivity index (χ0v) is 16.3. The summed E-state index contributed by atoms with van der Waals surface area (Å²) in [7, 11) is 0. The Hall–Kier alpha value is -3.51. The molecular formula is C22H17ClN4O2. The fourth-order valence-corrected chi connectivity index (χ4v) is 3.18. The van der Waals surface area contributed by atoms with Crippen LogP contribution in [0.3, 0.4) is 0 Å². The molecule has 7 heteroatoms. The third-order valence-corrected chi connectivity index (χ3v) is 4.90. The largest absolute Gasteiger partial charge is 0.365 e. The van der Waals surface area contributed by atoms with Gasteiger partial charge in [-0.1, -0.05) is 60.1 Å². The molecule has 0 aliphatic heterocycles. The van der Waals surface area contributed by atoms with E-state index < -0.39 is 11.7 Å². The number of nitrogens with one attached hydrogen (secondary N) is 1. The smallest absolute Gasteiger partial charge is 0.324 e. The maximum atomic E-state index is 12.7.